The highest BCUT2D eigenvalue weighted by Gasteiger charge is 2.09. The molecule has 0 aliphatic carbocycles. The van der Waals surface area contributed by atoms with Crippen molar-refractivity contribution in [3.8, 4) is 28.5 Å². The molecule has 0 aliphatic rings. The Morgan fingerprint density at radius 3 is 2.41 bits per heavy atom. The van der Waals surface area contributed by atoms with Crippen molar-refractivity contribution in [3.63, 3.8) is 0 Å². The summed E-state index contributed by atoms with van der Waals surface area (Å²) >= 11 is 0. The van der Waals surface area contributed by atoms with Crippen LogP contribution in [0.25, 0.3) is 11.3 Å². The fourth-order valence-electron chi connectivity index (χ4n) is 2.91. The molecule has 6 nitrogen and oxygen atoms in total. The van der Waals surface area contributed by atoms with Crippen LogP contribution in [0.2, 0.25) is 0 Å². The summed E-state index contributed by atoms with van der Waals surface area (Å²) < 4.78 is 11.2. The van der Waals surface area contributed by atoms with Gasteiger partial charge in [0, 0.05) is 17.3 Å². The molecule has 1 heterocycles. The summed E-state index contributed by atoms with van der Waals surface area (Å²) in [4.78, 5) is 8.66. The zero-order chi connectivity index (χ0) is 20.1. The Bertz CT molecular complexity index is 1120. The number of aromatic nitrogens is 2. The summed E-state index contributed by atoms with van der Waals surface area (Å²) in [6.45, 7) is 0. The largest absolute Gasteiger partial charge is 0.496 e. The zero-order valence-electron chi connectivity index (χ0n) is 15.9. The highest BCUT2D eigenvalue weighted by atomic mass is 16.5. The first-order valence-corrected chi connectivity index (χ1v) is 9.08. The summed E-state index contributed by atoms with van der Waals surface area (Å²) in [7, 11) is 1.64. The number of benzene rings is 3. The van der Waals surface area contributed by atoms with Crippen molar-refractivity contribution in [2.75, 3.05) is 18.2 Å². The van der Waals surface area contributed by atoms with Crippen molar-refractivity contribution in [1.82, 2.24) is 9.97 Å². The quantitative estimate of drug-likeness (QED) is 0.441. The second-order valence-corrected chi connectivity index (χ2v) is 6.28. The van der Waals surface area contributed by atoms with Crippen LogP contribution < -0.4 is 20.5 Å². The zero-order valence-corrected chi connectivity index (χ0v) is 15.9. The molecule has 3 N–H and O–H groups in total. The molecule has 0 atom stereocenters. The summed E-state index contributed by atoms with van der Waals surface area (Å²) in [5, 5.41) is 3.26. The van der Waals surface area contributed by atoms with Gasteiger partial charge in [0.2, 0.25) is 0 Å². The third-order valence-electron chi connectivity index (χ3n) is 4.30. The first kappa shape index (κ1) is 18.3. The van der Waals surface area contributed by atoms with Gasteiger partial charge in [-0.25, -0.2) is 9.97 Å². The van der Waals surface area contributed by atoms with Gasteiger partial charge in [0.05, 0.1) is 18.5 Å². The molecule has 0 bridgehead atoms. The van der Waals surface area contributed by atoms with Crippen LogP contribution in [0.15, 0.2) is 85.2 Å². The topological polar surface area (TPSA) is 82.3 Å². The molecule has 0 unspecified atom stereocenters. The Kier molecular flexibility index (Phi) is 5.25. The Hall–Kier alpha value is -4.06. The lowest BCUT2D eigenvalue weighted by Gasteiger charge is -2.12. The maximum Gasteiger partial charge on any atom is 0.150 e. The lowest BCUT2D eigenvalue weighted by atomic mass is 10.1. The molecule has 29 heavy (non-hydrogen) atoms. The van der Waals surface area contributed by atoms with Crippen LogP contribution in [0.3, 0.4) is 0 Å². The molecule has 0 spiro atoms. The number of rotatable bonds is 6. The fraction of sp³-hybridized carbons (Fsp3) is 0.0435. The highest BCUT2D eigenvalue weighted by molar-refractivity contribution is 5.72. The van der Waals surface area contributed by atoms with E-state index < -0.39 is 0 Å². The number of nitrogen functional groups attached to an aromatic ring is 1. The number of hydrogen-bond acceptors (Lipinski definition) is 6. The lowest BCUT2D eigenvalue weighted by molar-refractivity contribution is 0.416. The van der Waals surface area contributed by atoms with E-state index in [9.17, 15) is 0 Å². The molecule has 0 aliphatic heterocycles. The van der Waals surface area contributed by atoms with Gasteiger partial charge in [-0.3, -0.25) is 0 Å². The van der Waals surface area contributed by atoms with E-state index in [2.05, 4.69) is 15.3 Å². The van der Waals surface area contributed by atoms with Gasteiger partial charge in [-0.2, -0.15) is 0 Å². The van der Waals surface area contributed by atoms with Crippen LogP contribution in [0.5, 0.6) is 17.2 Å². The van der Waals surface area contributed by atoms with Crippen molar-refractivity contribution in [2.24, 2.45) is 0 Å². The standard InChI is InChI=1S/C23H20N4O2/c1-28-21-10-6-5-9-18(21)20-14-23(26-15-25-20)27-16-11-12-22(19(24)13-16)29-17-7-3-2-4-8-17/h2-15H,24H2,1H3,(H,25,26,27). The van der Waals surface area contributed by atoms with E-state index >= 15 is 0 Å². The Morgan fingerprint density at radius 1 is 0.828 bits per heavy atom. The maximum absolute atomic E-state index is 6.17. The Morgan fingerprint density at radius 2 is 1.62 bits per heavy atom. The smallest absolute Gasteiger partial charge is 0.150 e. The van der Waals surface area contributed by atoms with Gasteiger partial charge >= 0.3 is 0 Å². The molecule has 0 saturated carbocycles. The third kappa shape index (κ3) is 4.27. The molecular weight excluding hydrogens is 364 g/mol. The van der Waals surface area contributed by atoms with Crippen LogP contribution in [0.4, 0.5) is 17.2 Å². The number of para-hydroxylation sites is 2. The number of ether oxygens (including phenoxy) is 2. The molecule has 4 rings (SSSR count). The average molecular weight is 384 g/mol. The predicted octanol–water partition coefficient (Wildman–Crippen LogP) is 5.27. The van der Waals surface area contributed by atoms with Crippen molar-refractivity contribution < 1.29 is 9.47 Å². The second kappa shape index (κ2) is 8.31. The molecule has 0 saturated heterocycles. The maximum atomic E-state index is 6.17. The number of anilines is 3. The van der Waals surface area contributed by atoms with Crippen LogP contribution >= 0.6 is 0 Å². The summed E-state index contributed by atoms with van der Waals surface area (Å²) in [5.74, 6) is 2.73. The molecular formula is C23H20N4O2. The summed E-state index contributed by atoms with van der Waals surface area (Å²) in [5.41, 5.74) is 9.15. The molecule has 0 amide bonds. The van der Waals surface area contributed by atoms with Crippen LogP contribution in [-0.2, 0) is 0 Å². The Labute approximate surface area is 169 Å². The average Bonchev–Trinajstić information content (AvgIpc) is 2.76. The molecule has 1 aromatic heterocycles. The van der Waals surface area contributed by atoms with Crippen LogP contribution in [0.1, 0.15) is 0 Å². The van der Waals surface area contributed by atoms with Gasteiger partial charge in [-0.05, 0) is 42.5 Å². The van der Waals surface area contributed by atoms with E-state index in [0.717, 1.165) is 28.4 Å². The molecule has 3 aromatic carbocycles. The first-order chi connectivity index (χ1) is 14.2. The van der Waals surface area contributed by atoms with E-state index in [1.165, 1.54) is 6.33 Å². The van der Waals surface area contributed by atoms with Crippen molar-refractivity contribution >= 4 is 17.2 Å². The van der Waals surface area contributed by atoms with Gasteiger partial charge < -0.3 is 20.5 Å². The monoisotopic (exact) mass is 384 g/mol. The van der Waals surface area contributed by atoms with E-state index in [0.29, 0.717) is 17.3 Å². The summed E-state index contributed by atoms with van der Waals surface area (Å²) in [6.07, 6.45) is 1.51. The molecule has 0 fully saturated rings. The number of nitrogens with one attached hydrogen (secondary N) is 1. The van der Waals surface area contributed by atoms with Crippen molar-refractivity contribution in [2.45, 2.75) is 0 Å². The SMILES string of the molecule is COc1ccccc1-c1cc(Nc2ccc(Oc3ccccc3)c(N)c2)ncn1. The fourth-order valence-corrected chi connectivity index (χ4v) is 2.91. The van der Waals surface area contributed by atoms with Gasteiger partial charge in [-0.15, -0.1) is 0 Å². The number of nitrogens with zero attached hydrogens (tertiary/aromatic N) is 2. The molecule has 0 radical (unpaired) electrons. The Balaban J connectivity index is 1.54. The van der Waals surface area contributed by atoms with Gasteiger partial charge in [0.15, 0.2) is 0 Å². The van der Waals surface area contributed by atoms with E-state index in [4.69, 9.17) is 15.2 Å². The second-order valence-electron chi connectivity index (χ2n) is 6.28. The predicted molar refractivity (Wildman–Crippen MR) is 115 cm³/mol. The van der Waals surface area contributed by atoms with E-state index in [-0.39, 0.29) is 0 Å². The first-order valence-electron chi connectivity index (χ1n) is 9.08. The van der Waals surface area contributed by atoms with Crippen molar-refractivity contribution in [3.05, 3.63) is 85.2 Å². The van der Waals surface area contributed by atoms with E-state index in [1.807, 2.05) is 78.9 Å². The van der Waals surface area contributed by atoms with Crippen LogP contribution in [0, 0.1) is 0 Å². The minimum absolute atomic E-state index is 0.526. The number of methoxy groups -OCH3 is 1. The minimum Gasteiger partial charge on any atom is -0.496 e. The van der Waals surface area contributed by atoms with Gasteiger partial charge in [-0.1, -0.05) is 30.3 Å². The lowest BCUT2D eigenvalue weighted by Crippen LogP contribution is -1.98. The molecule has 4 aromatic rings. The van der Waals surface area contributed by atoms with E-state index in [1.54, 1.807) is 7.11 Å². The van der Waals surface area contributed by atoms with Gasteiger partial charge in [0.25, 0.3) is 0 Å². The van der Waals surface area contributed by atoms with Crippen molar-refractivity contribution in [1.29, 1.82) is 0 Å². The third-order valence-corrected chi connectivity index (χ3v) is 4.30. The van der Waals surface area contributed by atoms with Crippen LogP contribution in [-0.4, -0.2) is 17.1 Å². The highest BCUT2D eigenvalue weighted by Crippen LogP contribution is 2.32. The summed E-state index contributed by atoms with van der Waals surface area (Å²) in [6, 6.07) is 24.6. The number of hydrogen-bond donors (Lipinski definition) is 2. The molecule has 144 valence electrons. The molecule has 6 heteroatoms. The van der Waals surface area contributed by atoms with Gasteiger partial charge in [0.1, 0.15) is 29.4 Å². The normalized spacial score (nSPS) is 10.4. The minimum atomic E-state index is 0.526. The number of nitrogens with two attached hydrogens (primary N) is 1.